The summed E-state index contributed by atoms with van der Waals surface area (Å²) in [7, 11) is -3.25. The number of hydrogen-bond acceptors (Lipinski definition) is 3. The summed E-state index contributed by atoms with van der Waals surface area (Å²) in [5.41, 5.74) is 6.41. The van der Waals surface area contributed by atoms with Crippen molar-refractivity contribution in [1.82, 2.24) is 0 Å². The van der Waals surface area contributed by atoms with E-state index in [1.165, 1.54) is 0 Å². The van der Waals surface area contributed by atoms with Crippen LogP contribution >= 0.6 is 0 Å². The van der Waals surface area contributed by atoms with Gasteiger partial charge in [0, 0.05) is 6.54 Å². The molecule has 0 saturated carbocycles. The molecule has 1 unspecified atom stereocenters. The fourth-order valence-corrected chi connectivity index (χ4v) is 3.19. The predicted molar refractivity (Wildman–Crippen MR) is 61.5 cm³/mol. The molecule has 0 bridgehead atoms. The second-order valence-corrected chi connectivity index (χ2v) is 5.86. The van der Waals surface area contributed by atoms with Crippen LogP contribution in [0.5, 0.6) is 0 Å². The minimum Gasteiger partial charge on any atom is -0.329 e. The van der Waals surface area contributed by atoms with E-state index in [-0.39, 0.29) is 6.54 Å². The topological polar surface area (TPSA) is 60.2 Å². The molecule has 1 rings (SSSR count). The van der Waals surface area contributed by atoms with Crippen molar-refractivity contribution in [1.29, 1.82) is 0 Å². The lowest BCUT2D eigenvalue weighted by Gasteiger charge is -2.13. The van der Waals surface area contributed by atoms with Gasteiger partial charge in [0.25, 0.3) is 0 Å². The van der Waals surface area contributed by atoms with Crippen LogP contribution in [0, 0.1) is 6.92 Å². The molecule has 0 saturated heterocycles. The highest BCUT2D eigenvalue weighted by Gasteiger charge is 2.24. The molecule has 1 atom stereocenters. The van der Waals surface area contributed by atoms with Crippen LogP contribution in [0.1, 0.15) is 18.9 Å². The second kappa shape index (κ2) is 4.77. The van der Waals surface area contributed by atoms with Crippen LogP contribution in [0.2, 0.25) is 0 Å². The van der Waals surface area contributed by atoms with Crippen molar-refractivity contribution in [2.75, 3.05) is 6.54 Å². The van der Waals surface area contributed by atoms with Crippen molar-refractivity contribution in [3.8, 4) is 0 Å². The highest BCUT2D eigenvalue weighted by Crippen LogP contribution is 2.18. The Hall–Kier alpha value is -0.870. The molecule has 4 heteroatoms. The van der Waals surface area contributed by atoms with E-state index < -0.39 is 15.1 Å². The van der Waals surface area contributed by atoms with Crippen molar-refractivity contribution in [2.45, 2.75) is 30.4 Å². The SMILES string of the molecule is CCC(CN)S(=O)(=O)c1cccc(C)c1. The number of sulfone groups is 1. The molecule has 0 aliphatic rings. The quantitative estimate of drug-likeness (QED) is 0.848. The number of benzene rings is 1. The standard InChI is InChI=1S/C11H17NO2S/c1-3-10(8-12)15(13,14)11-6-4-5-9(2)7-11/h4-7,10H,3,8,12H2,1-2H3. The number of rotatable bonds is 4. The summed E-state index contributed by atoms with van der Waals surface area (Å²) in [6, 6.07) is 6.95. The largest absolute Gasteiger partial charge is 0.329 e. The van der Waals surface area contributed by atoms with E-state index >= 15 is 0 Å². The second-order valence-electron chi connectivity index (χ2n) is 3.63. The summed E-state index contributed by atoms with van der Waals surface area (Å²) < 4.78 is 24.1. The zero-order valence-electron chi connectivity index (χ0n) is 9.10. The van der Waals surface area contributed by atoms with Crippen molar-refractivity contribution < 1.29 is 8.42 Å². The highest BCUT2D eigenvalue weighted by molar-refractivity contribution is 7.92. The molecule has 1 aromatic carbocycles. The van der Waals surface area contributed by atoms with Crippen molar-refractivity contribution in [2.24, 2.45) is 5.73 Å². The third-order valence-corrected chi connectivity index (χ3v) is 4.79. The normalized spacial score (nSPS) is 13.8. The Kier molecular flexibility index (Phi) is 3.88. The van der Waals surface area contributed by atoms with Crippen LogP contribution in [0.3, 0.4) is 0 Å². The van der Waals surface area contributed by atoms with Gasteiger partial charge in [-0.3, -0.25) is 0 Å². The maximum Gasteiger partial charge on any atom is 0.182 e. The molecule has 84 valence electrons. The van der Waals surface area contributed by atoms with Gasteiger partial charge in [-0.05, 0) is 31.0 Å². The molecule has 0 heterocycles. The van der Waals surface area contributed by atoms with Gasteiger partial charge in [0.15, 0.2) is 9.84 Å². The van der Waals surface area contributed by atoms with Crippen LogP contribution in [0.25, 0.3) is 0 Å². The molecule has 0 aliphatic carbocycles. The molecule has 3 nitrogen and oxygen atoms in total. The maximum absolute atomic E-state index is 12.1. The molecular weight excluding hydrogens is 210 g/mol. The first-order chi connectivity index (χ1) is 7.02. The first kappa shape index (κ1) is 12.2. The molecular formula is C11H17NO2S. The van der Waals surface area contributed by atoms with Gasteiger partial charge >= 0.3 is 0 Å². The van der Waals surface area contributed by atoms with Crippen molar-refractivity contribution in [3.63, 3.8) is 0 Å². The van der Waals surface area contributed by atoms with Gasteiger partial charge in [-0.2, -0.15) is 0 Å². The molecule has 0 fully saturated rings. The van der Waals surface area contributed by atoms with E-state index in [4.69, 9.17) is 5.73 Å². The molecule has 0 aromatic heterocycles. The first-order valence-electron chi connectivity index (χ1n) is 5.03. The highest BCUT2D eigenvalue weighted by atomic mass is 32.2. The van der Waals surface area contributed by atoms with Gasteiger partial charge in [0.1, 0.15) is 0 Å². The lowest BCUT2D eigenvalue weighted by molar-refractivity contribution is 0.576. The summed E-state index contributed by atoms with van der Waals surface area (Å²) >= 11 is 0. The Bertz CT molecular complexity index is 422. The molecule has 0 spiro atoms. The average Bonchev–Trinajstić information content (AvgIpc) is 2.19. The van der Waals surface area contributed by atoms with Gasteiger partial charge in [-0.1, -0.05) is 19.1 Å². The van der Waals surface area contributed by atoms with E-state index in [9.17, 15) is 8.42 Å². The molecule has 0 amide bonds. The summed E-state index contributed by atoms with van der Waals surface area (Å²) in [6.07, 6.45) is 0.548. The van der Waals surface area contributed by atoms with Gasteiger partial charge in [-0.15, -0.1) is 0 Å². The van der Waals surface area contributed by atoms with E-state index in [1.807, 2.05) is 19.9 Å². The Labute approximate surface area is 91.2 Å². The monoisotopic (exact) mass is 227 g/mol. The smallest absolute Gasteiger partial charge is 0.182 e. The van der Waals surface area contributed by atoms with E-state index in [2.05, 4.69) is 0 Å². The van der Waals surface area contributed by atoms with Gasteiger partial charge < -0.3 is 5.73 Å². The molecule has 0 aliphatic heterocycles. The van der Waals surface area contributed by atoms with Crippen LogP contribution in [0.15, 0.2) is 29.2 Å². The fraction of sp³-hybridized carbons (Fsp3) is 0.455. The Morgan fingerprint density at radius 1 is 1.40 bits per heavy atom. The average molecular weight is 227 g/mol. The molecule has 15 heavy (non-hydrogen) atoms. The summed E-state index contributed by atoms with van der Waals surface area (Å²) in [5, 5.41) is -0.473. The summed E-state index contributed by atoms with van der Waals surface area (Å²) in [5.74, 6) is 0. The summed E-state index contributed by atoms with van der Waals surface area (Å²) in [4.78, 5) is 0.375. The van der Waals surface area contributed by atoms with Crippen molar-refractivity contribution in [3.05, 3.63) is 29.8 Å². The van der Waals surface area contributed by atoms with E-state index in [1.54, 1.807) is 18.2 Å². The Morgan fingerprint density at radius 3 is 2.53 bits per heavy atom. The Morgan fingerprint density at radius 2 is 2.07 bits per heavy atom. The lowest BCUT2D eigenvalue weighted by Crippen LogP contribution is -2.29. The van der Waals surface area contributed by atoms with E-state index in [0.29, 0.717) is 11.3 Å². The zero-order chi connectivity index (χ0) is 11.5. The Balaban J connectivity index is 3.16. The number of aryl methyl sites for hydroxylation is 1. The van der Waals surface area contributed by atoms with Gasteiger partial charge in [-0.25, -0.2) is 8.42 Å². The lowest BCUT2D eigenvalue weighted by atomic mass is 10.2. The minimum absolute atomic E-state index is 0.173. The zero-order valence-corrected chi connectivity index (χ0v) is 9.92. The molecule has 2 N–H and O–H groups in total. The first-order valence-corrected chi connectivity index (χ1v) is 6.57. The van der Waals surface area contributed by atoms with Gasteiger partial charge in [0.05, 0.1) is 10.1 Å². The van der Waals surface area contributed by atoms with Crippen LogP contribution < -0.4 is 5.73 Å². The minimum atomic E-state index is -3.25. The molecule has 0 radical (unpaired) electrons. The molecule has 1 aromatic rings. The number of hydrogen-bond donors (Lipinski definition) is 1. The third kappa shape index (κ3) is 2.58. The van der Waals surface area contributed by atoms with Crippen molar-refractivity contribution >= 4 is 9.84 Å². The van der Waals surface area contributed by atoms with Gasteiger partial charge in [0.2, 0.25) is 0 Å². The maximum atomic E-state index is 12.1. The van der Waals surface area contributed by atoms with Crippen LogP contribution in [-0.2, 0) is 9.84 Å². The number of nitrogens with two attached hydrogens (primary N) is 1. The van der Waals surface area contributed by atoms with Crippen LogP contribution in [-0.4, -0.2) is 20.2 Å². The third-order valence-electron chi connectivity index (χ3n) is 2.48. The fourth-order valence-electron chi connectivity index (χ4n) is 1.50. The van der Waals surface area contributed by atoms with E-state index in [0.717, 1.165) is 5.56 Å². The van der Waals surface area contributed by atoms with Crippen LogP contribution in [0.4, 0.5) is 0 Å². The predicted octanol–water partition coefficient (Wildman–Crippen LogP) is 1.51. The summed E-state index contributed by atoms with van der Waals surface area (Å²) in [6.45, 7) is 3.89.